The lowest BCUT2D eigenvalue weighted by molar-refractivity contribution is 0.0607. The first-order valence-corrected chi connectivity index (χ1v) is 11.6. The Morgan fingerprint density at radius 2 is 1.70 bits per heavy atom. The molecule has 4 aliphatic rings. The summed E-state index contributed by atoms with van der Waals surface area (Å²) >= 11 is 0. The van der Waals surface area contributed by atoms with Crippen LogP contribution in [0.25, 0.3) is 22.1 Å². The summed E-state index contributed by atoms with van der Waals surface area (Å²) in [5, 5.41) is 7.13. The van der Waals surface area contributed by atoms with Crippen LogP contribution in [0.4, 0.5) is 0 Å². The van der Waals surface area contributed by atoms with Gasteiger partial charge in [0.2, 0.25) is 0 Å². The van der Waals surface area contributed by atoms with E-state index in [2.05, 4.69) is 15.5 Å². The van der Waals surface area contributed by atoms with E-state index < -0.39 is 0 Å². The summed E-state index contributed by atoms with van der Waals surface area (Å²) in [5.41, 5.74) is 3.09. The summed E-state index contributed by atoms with van der Waals surface area (Å²) in [6, 6.07) is 15.8. The molecule has 3 saturated heterocycles. The van der Waals surface area contributed by atoms with Crippen molar-refractivity contribution in [2.75, 3.05) is 19.6 Å². The minimum absolute atomic E-state index is 0. The first-order valence-electron chi connectivity index (χ1n) is 11.6. The smallest absolute Gasteiger partial charge is 0.287 e. The fourth-order valence-corrected chi connectivity index (χ4v) is 5.09. The average molecular weight is 466 g/mol. The molecule has 33 heavy (non-hydrogen) atoms. The van der Waals surface area contributed by atoms with Crippen molar-refractivity contribution in [1.29, 1.82) is 0 Å². The number of carbonyl (C=O) groups is 2. The van der Waals surface area contributed by atoms with E-state index in [1.807, 2.05) is 48.5 Å². The molecule has 1 atom stereocenters. The predicted octanol–water partition coefficient (Wildman–Crippen LogP) is 4.24. The summed E-state index contributed by atoms with van der Waals surface area (Å²) in [6.07, 6.45) is 4.42. The van der Waals surface area contributed by atoms with E-state index in [9.17, 15) is 9.59 Å². The number of rotatable bonds is 5. The summed E-state index contributed by atoms with van der Waals surface area (Å²) in [6.45, 7) is 3.21. The molecule has 3 aromatic rings. The molecule has 0 radical (unpaired) electrons. The highest BCUT2D eigenvalue weighted by Gasteiger charge is 2.35. The van der Waals surface area contributed by atoms with E-state index >= 15 is 0 Å². The number of benzene rings is 2. The van der Waals surface area contributed by atoms with Gasteiger partial charge in [-0.25, -0.2) is 0 Å². The van der Waals surface area contributed by atoms with Gasteiger partial charge >= 0.3 is 0 Å². The van der Waals surface area contributed by atoms with Crippen LogP contribution in [0.15, 0.2) is 52.9 Å². The quantitative estimate of drug-likeness (QED) is 0.591. The van der Waals surface area contributed by atoms with Crippen molar-refractivity contribution in [2.45, 2.75) is 37.8 Å². The first-order chi connectivity index (χ1) is 15.6. The highest BCUT2D eigenvalue weighted by molar-refractivity contribution is 6.01. The Hall–Kier alpha value is -2.83. The predicted molar refractivity (Wildman–Crippen MR) is 130 cm³/mol. The SMILES string of the molecule is Cl.O=C(NC1CC1)c1cccc(-c2cccc3cc(C(=O)N[C@H]4CN5CCC4CC5)oc23)c1. The van der Waals surface area contributed by atoms with Crippen LogP contribution in [0.1, 0.15) is 46.6 Å². The van der Waals surface area contributed by atoms with Crippen LogP contribution in [0.5, 0.6) is 0 Å². The van der Waals surface area contributed by atoms with Gasteiger partial charge in [0.1, 0.15) is 5.58 Å². The standard InChI is InChI=1S/C26H27N3O3.ClH/c30-25(27-20-7-8-20)19-5-1-3-17(13-19)21-6-2-4-18-14-23(32-24(18)21)26(31)28-22-15-29-11-9-16(22)10-12-29;/h1-6,13-14,16,20,22H,7-12,15H2,(H,27,30)(H,28,31);1H/t22-;/m0./s1. The Morgan fingerprint density at radius 3 is 2.42 bits per heavy atom. The van der Waals surface area contributed by atoms with Crippen LogP contribution < -0.4 is 10.6 Å². The van der Waals surface area contributed by atoms with Gasteiger partial charge in [0.15, 0.2) is 5.76 Å². The molecule has 6 nitrogen and oxygen atoms in total. The zero-order chi connectivity index (χ0) is 21.7. The largest absolute Gasteiger partial charge is 0.450 e. The average Bonchev–Trinajstić information content (AvgIpc) is 3.53. The normalized spacial score (nSPS) is 23.7. The number of fused-ring (bicyclic) bond motifs is 4. The molecule has 7 rings (SSSR count). The molecule has 1 aliphatic carbocycles. The van der Waals surface area contributed by atoms with Crippen molar-refractivity contribution < 1.29 is 14.0 Å². The third-order valence-electron chi connectivity index (χ3n) is 7.09. The number of amides is 2. The number of halogens is 1. The molecule has 3 aliphatic heterocycles. The van der Waals surface area contributed by atoms with Crippen LogP contribution in [0.3, 0.4) is 0 Å². The van der Waals surface area contributed by atoms with E-state index in [1.165, 1.54) is 0 Å². The molecule has 1 aromatic heterocycles. The van der Waals surface area contributed by atoms with Gasteiger partial charge < -0.3 is 20.0 Å². The van der Waals surface area contributed by atoms with Gasteiger partial charge in [0.25, 0.3) is 11.8 Å². The fourth-order valence-electron chi connectivity index (χ4n) is 5.09. The lowest BCUT2D eigenvalue weighted by atomic mass is 9.84. The van der Waals surface area contributed by atoms with Crippen LogP contribution in [-0.2, 0) is 0 Å². The molecule has 2 bridgehead atoms. The van der Waals surface area contributed by atoms with Gasteiger partial charge in [0, 0.05) is 35.1 Å². The van der Waals surface area contributed by atoms with Crippen LogP contribution in [0, 0.1) is 5.92 Å². The van der Waals surface area contributed by atoms with Crippen molar-refractivity contribution in [3.8, 4) is 11.1 Å². The molecule has 4 heterocycles. The fraction of sp³-hybridized carbons (Fsp3) is 0.385. The maximum absolute atomic E-state index is 13.0. The number of para-hydroxylation sites is 1. The minimum atomic E-state index is -0.150. The third kappa shape index (κ3) is 4.37. The summed E-state index contributed by atoms with van der Waals surface area (Å²) in [7, 11) is 0. The molecule has 1 saturated carbocycles. The third-order valence-corrected chi connectivity index (χ3v) is 7.09. The molecule has 2 N–H and O–H groups in total. The number of piperidine rings is 3. The maximum atomic E-state index is 13.0. The van der Waals surface area contributed by atoms with Crippen molar-refractivity contribution in [3.63, 3.8) is 0 Å². The Kier molecular flexibility index (Phi) is 5.89. The minimum Gasteiger partial charge on any atom is -0.450 e. The second kappa shape index (κ2) is 8.84. The van der Waals surface area contributed by atoms with Crippen molar-refractivity contribution in [1.82, 2.24) is 15.5 Å². The summed E-state index contributed by atoms with van der Waals surface area (Å²) in [5.74, 6) is 0.710. The van der Waals surface area contributed by atoms with Gasteiger partial charge in [-0.3, -0.25) is 9.59 Å². The molecule has 2 amide bonds. The topological polar surface area (TPSA) is 74.6 Å². The second-order valence-corrected chi connectivity index (χ2v) is 9.38. The van der Waals surface area contributed by atoms with Crippen molar-refractivity contribution in [3.05, 3.63) is 59.9 Å². The summed E-state index contributed by atoms with van der Waals surface area (Å²) < 4.78 is 6.09. The molecular weight excluding hydrogens is 438 g/mol. The van der Waals surface area contributed by atoms with E-state index in [1.54, 1.807) is 0 Å². The van der Waals surface area contributed by atoms with E-state index in [0.717, 1.165) is 61.8 Å². The zero-order valence-electron chi connectivity index (χ0n) is 18.4. The zero-order valence-corrected chi connectivity index (χ0v) is 19.2. The Labute approximate surface area is 199 Å². The number of hydrogen-bond donors (Lipinski definition) is 2. The number of nitrogens with one attached hydrogen (secondary N) is 2. The Morgan fingerprint density at radius 1 is 0.909 bits per heavy atom. The Bertz CT molecular complexity index is 1190. The van der Waals surface area contributed by atoms with Crippen LogP contribution in [-0.4, -0.2) is 48.4 Å². The van der Waals surface area contributed by atoms with Crippen LogP contribution >= 0.6 is 12.4 Å². The molecule has 7 heteroatoms. The van der Waals surface area contributed by atoms with Gasteiger partial charge in [-0.2, -0.15) is 0 Å². The van der Waals surface area contributed by atoms with E-state index in [-0.39, 0.29) is 30.3 Å². The van der Waals surface area contributed by atoms with Gasteiger partial charge in [-0.15, -0.1) is 12.4 Å². The molecule has 172 valence electrons. The number of carbonyl (C=O) groups excluding carboxylic acids is 2. The molecule has 2 aromatic carbocycles. The van der Waals surface area contributed by atoms with E-state index in [4.69, 9.17) is 4.42 Å². The van der Waals surface area contributed by atoms with Crippen molar-refractivity contribution >= 4 is 35.2 Å². The highest BCUT2D eigenvalue weighted by Crippen LogP contribution is 2.32. The lowest BCUT2D eigenvalue weighted by Crippen LogP contribution is -2.57. The highest BCUT2D eigenvalue weighted by atomic mass is 35.5. The molecule has 4 fully saturated rings. The summed E-state index contributed by atoms with van der Waals surface area (Å²) in [4.78, 5) is 27.9. The van der Waals surface area contributed by atoms with Gasteiger partial charge in [-0.05, 0) is 68.5 Å². The monoisotopic (exact) mass is 465 g/mol. The molecule has 0 unspecified atom stereocenters. The van der Waals surface area contributed by atoms with Crippen molar-refractivity contribution in [2.24, 2.45) is 5.92 Å². The number of nitrogens with zero attached hydrogens (tertiary/aromatic N) is 1. The molecule has 0 spiro atoms. The number of furan rings is 1. The van der Waals surface area contributed by atoms with Crippen LogP contribution in [0.2, 0.25) is 0 Å². The molecular formula is C26H28ClN3O3. The maximum Gasteiger partial charge on any atom is 0.287 e. The van der Waals surface area contributed by atoms with Gasteiger partial charge in [-0.1, -0.05) is 30.3 Å². The lowest BCUT2D eigenvalue weighted by Gasteiger charge is -2.44. The first kappa shape index (κ1) is 22.0. The number of hydrogen-bond acceptors (Lipinski definition) is 4. The van der Waals surface area contributed by atoms with Gasteiger partial charge in [0.05, 0.1) is 0 Å². The Balaban J connectivity index is 0.00000228. The second-order valence-electron chi connectivity index (χ2n) is 9.38. The van der Waals surface area contributed by atoms with E-state index in [0.29, 0.717) is 28.9 Å².